The highest BCUT2D eigenvalue weighted by Gasteiger charge is 2.30. The van der Waals surface area contributed by atoms with Gasteiger partial charge in [0.2, 0.25) is 0 Å². The van der Waals surface area contributed by atoms with E-state index in [2.05, 4.69) is 5.10 Å². The molecule has 2 rings (SSSR count). The standard InChI is InChI=1S/C12H12F3N3/c13-12(14,15)9-2-1-3-11(8-9)18-7-5-10(17-18)4-6-16/h1-3,5,7-8H,4,6,16H2. The topological polar surface area (TPSA) is 43.8 Å². The Hall–Kier alpha value is -1.82. The molecule has 1 heterocycles. The largest absolute Gasteiger partial charge is 0.416 e. The summed E-state index contributed by atoms with van der Waals surface area (Å²) < 4.78 is 39.1. The van der Waals surface area contributed by atoms with Gasteiger partial charge in [0.25, 0.3) is 0 Å². The summed E-state index contributed by atoms with van der Waals surface area (Å²) in [5.41, 5.74) is 5.85. The number of halogens is 3. The smallest absolute Gasteiger partial charge is 0.330 e. The SMILES string of the molecule is NCCc1ccn(-c2cccc(C(F)(F)F)c2)n1. The normalized spacial score (nSPS) is 11.8. The average Bonchev–Trinajstić information content (AvgIpc) is 2.77. The lowest BCUT2D eigenvalue weighted by molar-refractivity contribution is -0.137. The van der Waals surface area contributed by atoms with Crippen molar-refractivity contribution in [2.24, 2.45) is 5.73 Å². The maximum absolute atomic E-state index is 12.6. The molecular weight excluding hydrogens is 243 g/mol. The number of benzene rings is 1. The molecule has 0 atom stereocenters. The van der Waals surface area contributed by atoms with E-state index in [4.69, 9.17) is 5.73 Å². The number of aromatic nitrogens is 2. The Balaban J connectivity index is 2.32. The minimum Gasteiger partial charge on any atom is -0.330 e. The summed E-state index contributed by atoms with van der Waals surface area (Å²) >= 11 is 0. The molecule has 0 bridgehead atoms. The van der Waals surface area contributed by atoms with Crippen LogP contribution in [-0.2, 0) is 12.6 Å². The number of rotatable bonds is 3. The summed E-state index contributed by atoms with van der Waals surface area (Å²) in [7, 11) is 0. The monoisotopic (exact) mass is 255 g/mol. The lowest BCUT2D eigenvalue weighted by Crippen LogP contribution is -2.07. The molecule has 0 aliphatic rings. The summed E-state index contributed by atoms with van der Waals surface area (Å²) in [5.74, 6) is 0. The van der Waals surface area contributed by atoms with E-state index in [0.717, 1.165) is 17.8 Å². The van der Waals surface area contributed by atoms with E-state index in [1.165, 1.54) is 10.7 Å². The molecule has 0 radical (unpaired) electrons. The van der Waals surface area contributed by atoms with Crippen molar-refractivity contribution in [3.63, 3.8) is 0 Å². The first kappa shape index (κ1) is 12.6. The van der Waals surface area contributed by atoms with Gasteiger partial charge in [-0.05, 0) is 30.8 Å². The van der Waals surface area contributed by atoms with Gasteiger partial charge in [0.05, 0.1) is 16.9 Å². The molecule has 0 unspecified atom stereocenters. The summed E-state index contributed by atoms with van der Waals surface area (Å²) in [6, 6.07) is 6.79. The van der Waals surface area contributed by atoms with E-state index >= 15 is 0 Å². The fourth-order valence-electron chi connectivity index (χ4n) is 1.61. The minimum atomic E-state index is -4.34. The van der Waals surface area contributed by atoms with Gasteiger partial charge >= 0.3 is 6.18 Å². The van der Waals surface area contributed by atoms with Crippen molar-refractivity contribution in [3.8, 4) is 5.69 Å². The van der Waals surface area contributed by atoms with E-state index in [0.29, 0.717) is 18.7 Å². The third kappa shape index (κ3) is 2.70. The molecular formula is C12H12F3N3. The quantitative estimate of drug-likeness (QED) is 0.915. The molecule has 1 aromatic heterocycles. The summed E-state index contributed by atoms with van der Waals surface area (Å²) in [6.07, 6.45) is -2.12. The van der Waals surface area contributed by atoms with Gasteiger partial charge < -0.3 is 5.73 Å². The van der Waals surface area contributed by atoms with Gasteiger partial charge in [-0.1, -0.05) is 6.07 Å². The van der Waals surface area contributed by atoms with E-state index < -0.39 is 11.7 Å². The number of hydrogen-bond donors (Lipinski definition) is 1. The van der Waals surface area contributed by atoms with Gasteiger partial charge in [0, 0.05) is 12.6 Å². The second-order valence-electron chi connectivity index (χ2n) is 3.84. The Morgan fingerprint density at radius 1 is 1.22 bits per heavy atom. The lowest BCUT2D eigenvalue weighted by atomic mass is 10.2. The first-order valence-corrected chi connectivity index (χ1v) is 5.43. The Morgan fingerprint density at radius 3 is 2.67 bits per heavy atom. The molecule has 3 nitrogen and oxygen atoms in total. The van der Waals surface area contributed by atoms with Crippen LogP contribution in [0.3, 0.4) is 0 Å². The Kier molecular flexibility index (Phi) is 3.38. The molecule has 0 saturated heterocycles. The van der Waals surface area contributed by atoms with Gasteiger partial charge in [-0.15, -0.1) is 0 Å². The molecule has 2 N–H and O–H groups in total. The molecule has 18 heavy (non-hydrogen) atoms. The zero-order valence-corrected chi connectivity index (χ0v) is 9.48. The summed E-state index contributed by atoms with van der Waals surface area (Å²) in [4.78, 5) is 0. The third-order valence-electron chi connectivity index (χ3n) is 2.48. The highest BCUT2D eigenvalue weighted by molar-refractivity contribution is 5.36. The van der Waals surface area contributed by atoms with E-state index in [1.807, 2.05) is 0 Å². The lowest BCUT2D eigenvalue weighted by Gasteiger charge is -2.08. The molecule has 0 fully saturated rings. The van der Waals surface area contributed by atoms with Crippen LogP contribution in [0.25, 0.3) is 5.69 Å². The van der Waals surface area contributed by atoms with Crippen LogP contribution in [0.5, 0.6) is 0 Å². The van der Waals surface area contributed by atoms with E-state index in [-0.39, 0.29) is 0 Å². The van der Waals surface area contributed by atoms with Crippen molar-refractivity contribution in [1.82, 2.24) is 9.78 Å². The van der Waals surface area contributed by atoms with Crippen LogP contribution in [0.1, 0.15) is 11.3 Å². The highest BCUT2D eigenvalue weighted by atomic mass is 19.4. The molecule has 96 valence electrons. The molecule has 0 aliphatic heterocycles. The second-order valence-corrected chi connectivity index (χ2v) is 3.84. The van der Waals surface area contributed by atoms with E-state index in [1.54, 1.807) is 18.3 Å². The van der Waals surface area contributed by atoms with Gasteiger partial charge in [-0.3, -0.25) is 0 Å². The molecule has 0 aliphatic carbocycles. The number of hydrogen-bond acceptors (Lipinski definition) is 2. The summed E-state index contributed by atoms with van der Waals surface area (Å²) in [6.45, 7) is 0.458. The number of nitrogens with two attached hydrogens (primary N) is 1. The summed E-state index contributed by atoms with van der Waals surface area (Å²) in [5, 5.41) is 4.16. The van der Waals surface area contributed by atoms with Crippen molar-refractivity contribution in [1.29, 1.82) is 0 Å². The predicted molar refractivity (Wildman–Crippen MR) is 61.3 cm³/mol. The van der Waals surface area contributed by atoms with Gasteiger partial charge in [0.15, 0.2) is 0 Å². The molecule has 1 aromatic carbocycles. The van der Waals surface area contributed by atoms with Crippen molar-refractivity contribution < 1.29 is 13.2 Å². The predicted octanol–water partition coefficient (Wildman–Crippen LogP) is 2.39. The van der Waals surface area contributed by atoms with Crippen molar-refractivity contribution in [2.45, 2.75) is 12.6 Å². The van der Waals surface area contributed by atoms with Crippen molar-refractivity contribution >= 4 is 0 Å². The van der Waals surface area contributed by atoms with Crippen LogP contribution in [-0.4, -0.2) is 16.3 Å². The van der Waals surface area contributed by atoms with E-state index in [9.17, 15) is 13.2 Å². The minimum absolute atomic E-state index is 0.382. The van der Waals surface area contributed by atoms with Gasteiger partial charge in [-0.2, -0.15) is 18.3 Å². The molecule has 2 aromatic rings. The maximum Gasteiger partial charge on any atom is 0.416 e. The fourth-order valence-corrected chi connectivity index (χ4v) is 1.61. The zero-order chi connectivity index (χ0) is 13.2. The maximum atomic E-state index is 12.6. The first-order valence-electron chi connectivity index (χ1n) is 5.43. The Labute approximate surface area is 102 Å². The van der Waals surface area contributed by atoms with Crippen LogP contribution in [0.2, 0.25) is 0 Å². The molecule has 0 amide bonds. The molecule has 0 spiro atoms. The van der Waals surface area contributed by atoms with Gasteiger partial charge in [-0.25, -0.2) is 4.68 Å². The zero-order valence-electron chi connectivity index (χ0n) is 9.48. The van der Waals surface area contributed by atoms with Crippen molar-refractivity contribution in [3.05, 3.63) is 47.8 Å². The number of alkyl halides is 3. The second kappa shape index (κ2) is 4.81. The van der Waals surface area contributed by atoms with Gasteiger partial charge in [0.1, 0.15) is 0 Å². The Bertz CT molecular complexity index is 531. The van der Waals surface area contributed by atoms with Crippen LogP contribution in [0, 0.1) is 0 Å². The van der Waals surface area contributed by atoms with Crippen LogP contribution in [0.4, 0.5) is 13.2 Å². The van der Waals surface area contributed by atoms with Crippen LogP contribution in [0.15, 0.2) is 36.5 Å². The molecule has 6 heteroatoms. The van der Waals surface area contributed by atoms with Crippen LogP contribution >= 0.6 is 0 Å². The number of nitrogens with zero attached hydrogens (tertiary/aromatic N) is 2. The van der Waals surface area contributed by atoms with Crippen LogP contribution < -0.4 is 5.73 Å². The highest BCUT2D eigenvalue weighted by Crippen LogP contribution is 2.30. The fraction of sp³-hybridized carbons (Fsp3) is 0.250. The molecule has 0 saturated carbocycles. The average molecular weight is 255 g/mol. The van der Waals surface area contributed by atoms with Crippen molar-refractivity contribution in [2.75, 3.05) is 6.54 Å². The third-order valence-corrected chi connectivity index (χ3v) is 2.48. The Morgan fingerprint density at radius 2 is 2.00 bits per heavy atom. The first-order chi connectivity index (χ1) is 8.50.